The molecule has 1 atom stereocenters. The molecule has 0 amide bonds. The van der Waals surface area contributed by atoms with Crippen LogP contribution in [-0.4, -0.2) is 53.9 Å². The highest BCUT2D eigenvalue weighted by Crippen LogP contribution is 2.17. The van der Waals surface area contributed by atoms with E-state index < -0.39 is 41.4 Å². The van der Waals surface area contributed by atoms with Crippen LogP contribution in [0.25, 0.3) is 0 Å². The molecule has 1 unspecified atom stereocenters. The van der Waals surface area contributed by atoms with E-state index >= 15 is 0 Å². The summed E-state index contributed by atoms with van der Waals surface area (Å²) >= 11 is 0. The van der Waals surface area contributed by atoms with Gasteiger partial charge in [-0.2, -0.15) is 8.42 Å². The molecule has 36 heavy (non-hydrogen) atoms. The molecule has 3 aromatic carbocycles. The number of hydrogen-bond donors (Lipinski definition) is 0. The first kappa shape index (κ1) is 26.7. The fourth-order valence-corrected chi connectivity index (χ4v) is 3.92. The molecule has 0 radical (unpaired) electrons. The summed E-state index contributed by atoms with van der Waals surface area (Å²) in [7, 11) is -1.15. The second-order valence-electron chi connectivity index (χ2n) is 7.63. The van der Waals surface area contributed by atoms with Crippen LogP contribution < -0.4 is 9.47 Å². The summed E-state index contributed by atoms with van der Waals surface area (Å²) in [5.74, 6) is -0.333. The summed E-state index contributed by atoms with van der Waals surface area (Å²) in [6, 6.07) is 18.4. The Morgan fingerprint density at radius 1 is 0.722 bits per heavy atom. The van der Waals surface area contributed by atoms with E-state index in [1.807, 2.05) is 6.92 Å². The van der Waals surface area contributed by atoms with Crippen molar-refractivity contribution in [3.05, 3.63) is 89.5 Å². The molecule has 0 heterocycles. The zero-order chi connectivity index (χ0) is 26.1. The molecule has 0 aliphatic rings. The predicted octanol–water partition coefficient (Wildman–Crippen LogP) is 3.80. The van der Waals surface area contributed by atoms with Gasteiger partial charge < -0.3 is 18.9 Å². The molecule has 190 valence electrons. The van der Waals surface area contributed by atoms with E-state index in [0.29, 0.717) is 11.5 Å². The number of benzene rings is 3. The summed E-state index contributed by atoms with van der Waals surface area (Å²) in [4.78, 5) is 25.1. The number of carbonyl (C=O) groups excluding carboxylic acids is 2. The van der Waals surface area contributed by atoms with Crippen molar-refractivity contribution in [2.75, 3.05) is 27.4 Å². The van der Waals surface area contributed by atoms with Crippen LogP contribution in [0.5, 0.6) is 11.5 Å². The highest BCUT2D eigenvalue weighted by molar-refractivity contribution is 7.86. The number of aryl methyl sites for hydroxylation is 1. The summed E-state index contributed by atoms with van der Waals surface area (Å²) in [5.41, 5.74) is 1.32. The van der Waals surface area contributed by atoms with Gasteiger partial charge in [-0.3, -0.25) is 4.18 Å². The Hall–Kier alpha value is -3.89. The quantitative estimate of drug-likeness (QED) is 0.278. The van der Waals surface area contributed by atoms with E-state index in [9.17, 15) is 18.0 Å². The largest absolute Gasteiger partial charge is 0.497 e. The Bertz CT molecular complexity index is 1270. The van der Waals surface area contributed by atoms with Gasteiger partial charge in [0.15, 0.2) is 6.10 Å². The van der Waals surface area contributed by atoms with E-state index in [4.69, 9.17) is 23.1 Å². The Balaban J connectivity index is 1.71. The van der Waals surface area contributed by atoms with Crippen LogP contribution in [0.2, 0.25) is 0 Å². The van der Waals surface area contributed by atoms with Crippen LogP contribution in [0.15, 0.2) is 77.7 Å². The molecule has 0 aliphatic carbocycles. The third kappa shape index (κ3) is 7.30. The fraction of sp³-hybridized carbons (Fsp3) is 0.231. The standard InChI is InChI=1S/C26H26O9S/c1-18-4-14-24(15-5-18)36(29,30)34-17-23(35-26(28)20-8-12-22(32-3)13-9-20)16-33-25(27)19-6-10-21(31-2)11-7-19/h4-15,23H,16-17H2,1-3H3. The zero-order valence-corrected chi connectivity index (χ0v) is 20.8. The van der Waals surface area contributed by atoms with Crippen molar-refractivity contribution < 1.29 is 41.1 Å². The SMILES string of the molecule is COc1ccc(C(=O)OCC(COS(=O)(=O)c2ccc(C)cc2)OC(=O)c2ccc(OC)cc2)cc1. The number of carbonyl (C=O) groups is 2. The van der Waals surface area contributed by atoms with Gasteiger partial charge in [0, 0.05) is 0 Å². The van der Waals surface area contributed by atoms with E-state index in [1.54, 1.807) is 36.4 Å². The van der Waals surface area contributed by atoms with Crippen LogP contribution in [0.1, 0.15) is 26.3 Å². The van der Waals surface area contributed by atoms with E-state index in [2.05, 4.69) is 0 Å². The normalized spacial score (nSPS) is 11.9. The van der Waals surface area contributed by atoms with Crippen molar-refractivity contribution in [2.45, 2.75) is 17.9 Å². The van der Waals surface area contributed by atoms with Gasteiger partial charge in [-0.1, -0.05) is 17.7 Å². The Kier molecular flexibility index (Phi) is 9.04. The molecule has 10 heteroatoms. The smallest absolute Gasteiger partial charge is 0.338 e. The minimum Gasteiger partial charge on any atom is -0.497 e. The molecule has 0 N–H and O–H groups in total. The lowest BCUT2D eigenvalue weighted by atomic mass is 10.2. The Morgan fingerprint density at radius 2 is 1.22 bits per heavy atom. The molecule has 3 rings (SSSR count). The van der Waals surface area contributed by atoms with Crippen LogP contribution in [-0.2, 0) is 23.8 Å². The minimum atomic E-state index is -4.14. The van der Waals surface area contributed by atoms with Crippen molar-refractivity contribution in [1.82, 2.24) is 0 Å². The molecule has 0 saturated carbocycles. The van der Waals surface area contributed by atoms with Gasteiger partial charge in [0.25, 0.3) is 10.1 Å². The summed E-state index contributed by atoms with van der Waals surface area (Å²) in [5, 5.41) is 0. The van der Waals surface area contributed by atoms with Gasteiger partial charge in [0.2, 0.25) is 0 Å². The average molecular weight is 515 g/mol. The second-order valence-corrected chi connectivity index (χ2v) is 9.25. The van der Waals surface area contributed by atoms with Crippen molar-refractivity contribution >= 4 is 22.1 Å². The minimum absolute atomic E-state index is 0.0523. The monoisotopic (exact) mass is 514 g/mol. The highest BCUT2D eigenvalue weighted by Gasteiger charge is 2.24. The van der Waals surface area contributed by atoms with E-state index in [1.165, 1.54) is 50.6 Å². The Labute approximate surface area is 209 Å². The van der Waals surface area contributed by atoms with Crippen molar-refractivity contribution in [2.24, 2.45) is 0 Å². The molecule has 0 fully saturated rings. The molecule has 9 nitrogen and oxygen atoms in total. The molecular weight excluding hydrogens is 488 g/mol. The predicted molar refractivity (Wildman–Crippen MR) is 130 cm³/mol. The van der Waals surface area contributed by atoms with Gasteiger partial charge in [-0.25, -0.2) is 9.59 Å². The summed E-state index contributed by atoms with van der Waals surface area (Å²) in [6.07, 6.45) is -1.21. The van der Waals surface area contributed by atoms with E-state index in [0.717, 1.165) is 5.56 Å². The fourth-order valence-electron chi connectivity index (χ4n) is 2.98. The first-order valence-electron chi connectivity index (χ1n) is 10.8. The molecule has 0 aromatic heterocycles. The highest BCUT2D eigenvalue weighted by atomic mass is 32.2. The Morgan fingerprint density at radius 3 is 1.72 bits per heavy atom. The van der Waals surface area contributed by atoms with Crippen molar-refractivity contribution in [3.63, 3.8) is 0 Å². The van der Waals surface area contributed by atoms with Crippen molar-refractivity contribution in [3.8, 4) is 11.5 Å². The van der Waals surface area contributed by atoms with Crippen LogP contribution in [0.4, 0.5) is 0 Å². The van der Waals surface area contributed by atoms with Crippen LogP contribution >= 0.6 is 0 Å². The van der Waals surface area contributed by atoms with Gasteiger partial charge in [0.1, 0.15) is 24.7 Å². The van der Waals surface area contributed by atoms with Crippen LogP contribution in [0, 0.1) is 6.92 Å². The summed E-state index contributed by atoms with van der Waals surface area (Å²) in [6.45, 7) is 0.827. The average Bonchev–Trinajstić information content (AvgIpc) is 2.90. The molecular formula is C26H26O9S. The van der Waals surface area contributed by atoms with Gasteiger partial charge in [-0.05, 0) is 67.6 Å². The first-order chi connectivity index (χ1) is 17.2. The first-order valence-corrected chi connectivity index (χ1v) is 12.2. The molecule has 0 spiro atoms. The number of hydrogen-bond acceptors (Lipinski definition) is 9. The lowest BCUT2D eigenvalue weighted by Crippen LogP contribution is -2.31. The molecule has 0 saturated heterocycles. The maximum absolute atomic E-state index is 12.6. The second kappa shape index (κ2) is 12.2. The lowest BCUT2D eigenvalue weighted by Gasteiger charge is -2.18. The van der Waals surface area contributed by atoms with Crippen molar-refractivity contribution in [1.29, 1.82) is 0 Å². The summed E-state index contributed by atoms with van der Waals surface area (Å²) < 4.78 is 51.1. The molecule has 0 aliphatic heterocycles. The van der Waals surface area contributed by atoms with Gasteiger partial charge in [-0.15, -0.1) is 0 Å². The number of ether oxygens (including phenoxy) is 4. The topological polar surface area (TPSA) is 114 Å². The van der Waals surface area contributed by atoms with E-state index in [-0.39, 0.29) is 16.0 Å². The number of rotatable bonds is 11. The molecule has 0 bridgehead atoms. The van der Waals surface area contributed by atoms with Gasteiger partial charge in [0.05, 0.1) is 30.2 Å². The number of methoxy groups -OCH3 is 2. The lowest BCUT2D eigenvalue weighted by molar-refractivity contribution is -0.0128. The number of esters is 2. The third-order valence-corrected chi connectivity index (χ3v) is 6.34. The zero-order valence-electron chi connectivity index (χ0n) is 20.0. The molecule has 3 aromatic rings. The van der Waals surface area contributed by atoms with Gasteiger partial charge >= 0.3 is 11.9 Å². The maximum atomic E-state index is 12.6. The van der Waals surface area contributed by atoms with Crippen LogP contribution in [0.3, 0.4) is 0 Å². The maximum Gasteiger partial charge on any atom is 0.338 e. The third-order valence-electron chi connectivity index (χ3n) is 5.04.